The molecule has 2 amide bonds. The van der Waals surface area contributed by atoms with E-state index in [1.165, 1.54) is 12.1 Å². The summed E-state index contributed by atoms with van der Waals surface area (Å²) < 4.78 is 0. The van der Waals surface area contributed by atoms with Crippen LogP contribution >= 0.6 is 11.6 Å². The van der Waals surface area contributed by atoms with E-state index < -0.39 is 64.0 Å². The SMILES string of the molecule is CC(=O)N[C@@H]1C(O)=C(C(N)=O)C(=O)[C@@]2(O)C(O)=C3C(=O)c4c(O)ccc(Cl)c4C[C@H]3C[C@@H]12. The quantitative estimate of drug-likeness (QED) is 0.339. The minimum atomic E-state index is -2.81. The van der Waals surface area contributed by atoms with Crippen molar-refractivity contribution in [2.24, 2.45) is 17.6 Å². The number of fused-ring (bicyclic) bond motifs is 3. The number of benzene rings is 1. The average molecular weight is 463 g/mol. The maximum absolute atomic E-state index is 13.2. The molecule has 0 aliphatic heterocycles. The molecule has 4 atom stereocenters. The van der Waals surface area contributed by atoms with Crippen LogP contribution in [0.25, 0.3) is 0 Å². The lowest BCUT2D eigenvalue weighted by molar-refractivity contribution is -0.147. The molecule has 0 saturated carbocycles. The number of allylic oxidation sites excluding steroid dienone is 1. The van der Waals surface area contributed by atoms with Crippen LogP contribution in [0.15, 0.2) is 34.8 Å². The van der Waals surface area contributed by atoms with Crippen LogP contribution in [0.2, 0.25) is 5.02 Å². The Balaban J connectivity index is 1.97. The van der Waals surface area contributed by atoms with Crippen LogP contribution < -0.4 is 11.1 Å². The summed E-state index contributed by atoms with van der Waals surface area (Å²) in [5.41, 5.74) is 1.28. The molecule has 0 fully saturated rings. The smallest absolute Gasteiger partial charge is 0.255 e. The molecule has 11 heteroatoms. The zero-order valence-corrected chi connectivity index (χ0v) is 17.4. The fourth-order valence-corrected chi connectivity index (χ4v) is 5.26. The van der Waals surface area contributed by atoms with E-state index in [2.05, 4.69) is 5.32 Å². The van der Waals surface area contributed by atoms with Gasteiger partial charge in [0.15, 0.2) is 11.4 Å². The highest BCUT2D eigenvalue weighted by atomic mass is 35.5. The van der Waals surface area contributed by atoms with E-state index in [0.29, 0.717) is 5.56 Å². The Morgan fingerprint density at radius 2 is 1.88 bits per heavy atom. The van der Waals surface area contributed by atoms with Gasteiger partial charge in [-0.05, 0) is 36.5 Å². The number of primary amides is 1. The third-order valence-corrected chi connectivity index (χ3v) is 6.74. The molecule has 0 aromatic heterocycles. The molecule has 32 heavy (non-hydrogen) atoms. The van der Waals surface area contributed by atoms with Crippen molar-refractivity contribution in [1.29, 1.82) is 0 Å². The number of aliphatic hydroxyl groups is 3. The van der Waals surface area contributed by atoms with Crippen molar-refractivity contribution in [3.63, 3.8) is 0 Å². The number of phenolic OH excluding ortho intramolecular Hbond substituents is 1. The van der Waals surface area contributed by atoms with Crippen LogP contribution in [0.4, 0.5) is 0 Å². The first-order valence-electron chi connectivity index (χ1n) is 9.67. The van der Waals surface area contributed by atoms with E-state index in [-0.39, 0.29) is 34.8 Å². The molecule has 0 bridgehead atoms. The zero-order valence-electron chi connectivity index (χ0n) is 16.7. The predicted octanol–water partition coefficient (Wildman–Crippen LogP) is 0.349. The minimum Gasteiger partial charge on any atom is -0.509 e. The highest BCUT2D eigenvalue weighted by molar-refractivity contribution is 6.32. The van der Waals surface area contributed by atoms with Crippen molar-refractivity contribution >= 4 is 35.0 Å². The fraction of sp³-hybridized carbons (Fsp3) is 0.333. The number of halogens is 1. The number of aliphatic hydroxyl groups excluding tert-OH is 2. The molecule has 3 aliphatic rings. The maximum Gasteiger partial charge on any atom is 0.255 e. The van der Waals surface area contributed by atoms with E-state index in [1.54, 1.807) is 0 Å². The van der Waals surface area contributed by atoms with Gasteiger partial charge in [0.1, 0.15) is 22.8 Å². The van der Waals surface area contributed by atoms with Crippen LogP contribution in [0.5, 0.6) is 5.75 Å². The lowest BCUT2D eigenvalue weighted by atomic mass is 9.59. The Morgan fingerprint density at radius 3 is 2.47 bits per heavy atom. The van der Waals surface area contributed by atoms with Crippen molar-refractivity contribution in [1.82, 2.24) is 5.32 Å². The number of carbonyl (C=O) groups is 4. The van der Waals surface area contributed by atoms with Gasteiger partial charge in [0.05, 0.1) is 11.6 Å². The molecule has 0 heterocycles. The first kappa shape index (κ1) is 21.8. The summed E-state index contributed by atoms with van der Waals surface area (Å²) in [6, 6.07) is 1.19. The molecule has 0 radical (unpaired) electrons. The Kier molecular flexibility index (Phi) is 4.83. The summed E-state index contributed by atoms with van der Waals surface area (Å²) in [6.45, 7) is 1.12. The number of hydrogen-bond donors (Lipinski definition) is 6. The van der Waals surface area contributed by atoms with E-state index >= 15 is 0 Å². The van der Waals surface area contributed by atoms with Gasteiger partial charge in [-0.2, -0.15) is 0 Å². The summed E-state index contributed by atoms with van der Waals surface area (Å²) in [5, 5.41) is 45.8. The number of hydrogen-bond acceptors (Lipinski definition) is 8. The zero-order chi connectivity index (χ0) is 23.7. The molecule has 10 nitrogen and oxygen atoms in total. The molecular weight excluding hydrogens is 444 g/mol. The number of amides is 2. The third kappa shape index (κ3) is 2.76. The summed E-state index contributed by atoms with van der Waals surface area (Å²) >= 11 is 6.21. The minimum absolute atomic E-state index is 0.0778. The molecule has 1 aromatic rings. The van der Waals surface area contributed by atoms with Crippen LogP contribution in [-0.4, -0.2) is 55.4 Å². The van der Waals surface area contributed by atoms with E-state index in [1.807, 2.05) is 0 Å². The van der Waals surface area contributed by atoms with Crippen LogP contribution in [0.1, 0.15) is 29.3 Å². The standard InChI is InChI=1S/C21H19ClN2O8/c1-6(25)24-15-9-5-7-4-8-10(22)2-3-11(26)13(8)16(27)12(7)18(29)21(9,32)19(30)14(17(15)28)20(23)31/h2-3,7,9,15,26,28-29,32H,4-5H2,1H3,(H2,23,31)(H,24,25)/t7-,9-,15-,21-/m0/s1. The molecule has 0 unspecified atom stereocenters. The summed E-state index contributed by atoms with van der Waals surface area (Å²) in [4.78, 5) is 49.9. The van der Waals surface area contributed by atoms with Gasteiger partial charge in [-0.15, -0.1) is 0 Å². The lowest BCUT2D eigenvalue weighted by Gasteiger charge is -2.48. The molecule has 3 aliphatic carbocycles. The van der Waals surface area contributed by atoms with Gasteiger partial charge in [-0.3, -0.25) is 19.2 Å². The molecule has 1 aromatic carbocycles. The average Bonchev–Trinajstić information content (AvgIpc) is 2.70. The third-order valence-electron chi connectivity index (χ3n) is 6.39. The monoisotopic (exact) mass is 462 g/mol. The molecule has 4 rings (SSSR count). The number of Topliss-reactive ketones (excluding diaryl/α,β-unsaturated/α-hetero) is 2. The van der Waals surface area contributed by atoms with Crippen LogP contribution in [0.3, 0.4) is 0 Å². The number of carbonyl (C=O) groups excluding carboxylic acids is 4. The number of nitrogens with one attached hydrogen (secondary N) is 1. The van der Waals surface area contributed by atoms with E-state index in [9.17, 15) is 39.6 Å². The highest BCUT2D eigenvalue weighted by Gasteiger charge is 2.63. The van der Waals surface area contributed by atoms with Crippen molar-refractivity contribution in [2.45, 2.75) is 31.4 Å². The number of nitrogens with two attached hydrogens (primary N) is 1. The Bertz CT molecular complexity index is 1190. The van der Waals surface area contributed by atoms with Crippen LogP contribution in [-0.2, 0) is 20.8 Å². The maximum atomic E-state index is 13.2. The van der Waals surface area contributed by atoms with Crippen molar-refractivity contribution in [2.75, 3.05) is 0 Å². The second-order valence-electron chi connectivity index (χ2n) is 8.15. The largest absolute Gasteiger partial charge is 0.509 e. The van der Waals surface area contributed by atoms with Gasteiger partial charge >= 0.3 is 0 Å². The van der Waals surface area contributed by atoms with Crippen molar-refractivity contribution < 1.29 is 39.6 Å². The number of phenols is 1. The summed E-state index contributed by atoms with van der Waals surface area (Å²) in [6.07, 6.45) is -0.0612. The first-order chi connectivity index (χ1) is 14.9. The molecule has 0 spiro atoms. The second-order valence-corrected chi connectivity index (χ2v) is 8.56. The van der Waals surface area contributed by atoms with Crippen LogP contribution in [0, 0.1) is 11.8 Å². The molecule has 7 N–H and O–H groups in total. The lowest BCUT2D eigenvalue weighted by Crippen LogP contribution is -2.64. The molecular formula is C21H19ClN2O8. The Hall–Kier alpha value is -3.37. The van der Waals surface area contributed by atoms with E-state index in [0.717, 1.165) is 6.92 Å². The van der Waals surface area contributed by atoms with Gasteiger partial charge < -0.3 is 31.5 Å². The number of ketones is 2. The van der Waals surface area contributed by atoms with Crippen molar-refractivity contribution in [3.05, 3.63) is 50.9 Å². The normalized spacial score (nSPS) is 29.3. The first-order valence-corrected chi connectivity index (χ1v) is 10.0. The van der Waals surface area contributed by atoms with Crippen molar-refractivity contribution in [3.8, 4) is 5.75 Å². The second kappa shape index (κ2) is 7.07. The number of rotatable bonds is 2. The fourth-order valence-electron chi connectivity index (χ4n) is 5.02. The van der Waals surface area contributed by atoms with Gasteiger partial charge in [-0.25, -0.2) is 0 Å². The van der Waals surface area contributed by atoms with Gasteiger partial charge in [0.2, 0.25) is 11.7 Å². The van der Waals surface area contributed by atoms with Gasteiger partial charge in [0.25, 0.3) is 5.91 Å². The topological polar surface area (TPSA) is 187 Å². The Labute approximate surface area is 186 Å². The van der Waals surface area contributed by atoms with E-state index in [4.69, 9.17) is 17.3 Å². The Morgan fingerprint density at radius 1 is 1.22 bits per heavy atom. The predicted molar refractivity (Wildman–Crippen MR) is 109 cm³/mol. The van der Waals surface area contributed by atoms with Gasteiger partial charge in [0, 0.05) is 23.4 Å². The number of aromatic hydroxyl groups is 1. The van der Waals surface area contributed by atoms with Gasteiger partial charge in [-0.1, -0.05) is 11.6 Å². The summed E-state index contributed by atoms with van der Waals surface area (Å²) in [7, 11) is 0. The summed E-state index contributed by atoms with van der Waals surface area (Å²) in [5.74, 6) is -8.54. The molecule has 0 saturated heterocycles. The molecule has 168 valence electrons. The highest BCUT2D eigenvalue weighted by Crippen LogP contribution is 2.52.